The van der Waals surface area contributed by atoms with Crippen LogP contribution in [0.25, 0.3) is 65.3 Å². The summed E-state index contributed by atoms with van der Waals surface area (Å²) in [5.74, 6) is 0. The van der Waals surface area contributed by atoms with Crippen LogP contribution in [0, 0.1) is 11.3 Å². The molecule has 0 unspecified atom stereocenters. The highest BCUT2D eigenvalue weighted by Crippen LogP contribution is 2.45. The van der Waals surface area contributed by atoms with Crippen molar-refractivity contribution in [3.8, 4) is 28.3 Å². The molecule has 1 nitrogen and oxygen atoms in total. The van der Waals surface area contributed by atoms with Crippen LogP contribution < -0.4 is 0 Å². The minimum absolute atomic E-state index is 0.686. The molecule has 0 heterocycles. The summed E-state index contributed by atoms with van der Waals surface area (Å²) in [6.45, 7) is 0. The number of nitrogens with zero attached hydrogens (tertiary/aromatic N) is 1. The van der Waals surface area contributed by atoms with Crippen molar-refractivity contribution in [2.75, 3.05) is 0 Å². The van der Waals surface area contributed by atoms with Gasteiger partial charge >= 0.3 is 0 Å². The van der Waals surface area contributed by atoms with E-state index in [1.54, 1.807) is 0 Å². The summed E-state index contributed by atoms with van der Waals surface area (Å²) in [6, 6.07) is 47.5. The van der Waals surface area contributed by atoms with E-state index in [0.717, 1.165) is 10.8 Å². The molecule has 7 aromatic rings. The van der Waals surface area contributed by atoms with Crippen molar-refractivity contribution in [3.63, 3.8) is 0 Å². The van der Waals surface area contributed by atoms with Crippen LogP contribution in [-0.2, 0) is 0 Å². The molecule has 7 rings (SSSR count). The first-order valence-electron chi connectivity index (χ1n) is 12.2. The summed E-state index contributed by atoms with van der Waals surface area (Å²) in [4.78, 5) is 0. The Morgan fingerprint density at radius 1 is 0.417 bits per heavy atom. The number of hydrogen-bond donors (Lipinski definition) is 0. The van der Waals surface area contributed by atoms with E-state index < -0.39 is 0 Å². The largest absolute Gasteiger partial charge is 0.192 e. The van der Waals surface area contributed by atoms with E-state index in [0.29, 0.717) is 5.56 Å². The molecule has 0 saturated heterocycles. The standard InChI is InChI=1S/C35H21N/c36-22-23-16-17-26-21-27(19-18-25(26)20-23)34-30-11-3-5-13-32(30)35(33-14-6-4-12-31(33)34)29-15-7-9-24-8-1-2-10-28(24)29/h1-21H. The number of hydrogen-bond acceptors (Lipinski definition) is 1. The zero-order valence-electron chi connectivity index (χ0n) is 19.6. The van der Waals surface area contributed by atoms with Gasteiger partial charge in [0.15, 0.2) is 0 Å². The number of nitriles is 1. The molecule has 36 heavy (non-hydrogen) atoms. The molecule has 0 radical (unpaired) electrons. The Kier molecular flexibility index (Phi) is 4.59. The number of fused-ring (bicyclic) bond motifs is 4. The lowest BCUT2D eigenvalue weighted by Crippen LogP contribution is -1.91. The average Bonchev–Trinajstić information content (AvgIpc) is 2.95. The third-order valence-corrected chi connectivity index (χ3v) is 7.25. The molecule has 0 atom stereocenters. The molecule has 0 saturated carbocycles. The van der Waals surface area contributed by atoms with Crippen molar-refractivity contribution < 1.29 is 0 Å². The first-order chi connectivity index (χ1) is 17.8. The van der Waals surface area contributed by atoms with Crippen LogP contribution in [0.4, 0.5) is 0 Å². The molecule has 0 aliphatic carbocycles. The van der Waals surface area contributed by atoms with E-state index in [9.17, 15) is 5.26 Å². The van der Waals surface area contributed by atoms with E-state index in [-0.39, 0.29) is 0 Å². The SMILES string of the molecule is N#Cc1ccc2cc(-c3c4ccccc4c(-c4cccc5ccccc45)c4ccccc34)ccc2c1. The van der Waals surface area contributed by atoms with Crippen molar-refractivity contribution in [3.05, 3.63) is 133 Å². The second-order valence-electron chi connectivity index (χ2n) is 9.26. The Morgan fingerprint density at radius 2 is 0.972 bits per heavy atom. The van der Waals surface area contributed by atoms with Gasteiger partial charge in [0.05, 0.1) is 11.6 Å². The number of benzene rings is 7. The molecule has 0 bridgehead atoms. The summed E-state index contributed by atoms with van der Waals surface area (Å²) in [5, 5.41) is 19.0. The van der Waals surface area contributed by atoms with E-state index >= 15 is 0 Å². The van der Waals surface area contributed by atoms with Crippen LogP contribution in [0.3, 0.4) is 0 Å². The lowest BCUT2D eigenvalue weighted by molar-refractivity contribution is 1.50. The maximum Gasteiger partial charge on any atom is 0.0991 e. The Labute approximate surface area is 209 Å². The van der Waals surface area contributed by atoms with Crippen molar-refractivity contribution in [2.24, 2.45) is 0 Å². The molecule has 166 valence electrons. The molecule has 7 aromatic carbocycles. The van der Waals surface area contributed by atoms with Gasteiger partial charge in [-0.3, -0.25) is 0 Å². The van der Waals surface area contributed by atoms with Crippen LogP contribution in [0.2, 0.25) is 0 Å². The Balaban J connectivity index is 1.61. The predicted octanol–water partition coefficient (Wildman–Crippen LogP) is 9.51. The van der Waals surface area contributed by atoms with Crippen molar-refractivity contribution >= 4 is 43.1 Å². The summed E-state index contributed by atoms with van der Waals surface area (Å²) >= 11 is 0. The molecular weight excluding hydrogens is 434 g/mol. The summed E-state index contributed by atoms with van der Waals surface area (Å²) in [5.41, 5.74) is 5.65. The average molecular weight is 456 g/mol. The topological polar surface area (TPSA) is 23.8 Å². The van der Waals surface area contributed by atoms with Gasteiger partial charge in [-0.2, -0.15) is 5.26 Å². The van der Waals surface area contributed by atoms with Gasteiger partial charge in [-0.15, -0.1) is 0 Å². The van der Waals surface area contributed by atoms with Crippen LogP contribution >= 0.6 is 0 Å². The van der Waals surface area contributed by atoms with E-state index in [4.69, 9.17) is 0 Å². The molecule has 0 aliphatic heterocycles. The zero-order chi connectivity index (χ0) is 24.1. The van der Waals surface area contributed by atoms with Crippen LogP contribution in [0.5, 0.6) is 0 Å². The third kappa shape index (κ3) is 3.09. The third-order valence-electron chi connectivity index (χ3n) is 7.25. The molecule has 0 amide bonds. The highest BCUT2D eigenvalue weighted by Gasteiger charge is 2.17. The normalized spacial score (nSPS) is 11.3. The van der Waals surface area contributed by atoms with Crippen molar-refractivity contribution in [2.45, 2.75) is 0 Å². The van der Waals surface area contributed by atoms with Crippen LogP contribution in [0.15, 0.2) is 127 Å². The van der Waals surface area contributed by atoms with Gasteiger partial charge in [0, 0.05) is 0 Å². The Bertz CT molecular complexity index is 1940. The molecule has 1 heteroatoms. The second kappa shape index (κ2) is 8.08. The molecule has 0 aromatic heterocycles. The first kappa shape index (κ1) is 20.4. The molecule has 0 N–H and O–H groups in total. The summed E-state index contributed by atoms with van der Waals surface area (Å²) in [6.07, 6.45) is 0. The van der Waals surface area contributed by atoms with Gasteiger partial charge in [0.1, 0.15) is 0 Å². The summed E-state index contributed by atoms with van der Waals surface area (Å²) < 4.78 is 0. The zero-order valence-corrected chi connectivity index (χ0v) is 19.6. The predicted molar refractivity (Wildman–Crippen MR) is 152 cm³/mol. The molecule has 0 aliphatic rings. The van der Waals surface area contributed by atoms with E-state index in [1.807, 2.05) is 18.2 Å². The van der Waals surface area contributed by atoms with E-state index in [2.05, 4.69) is 115 Å². The minimum Gasteiger partial charge on any atom is -0.192 e. The van der Waals surface area contributed by atoms with Crippen LogP contribution in [0.1, 0.15) is 5.56 Å². The fraction of sp³-hybridized carbons (Fsp3) is 0. The maximum absolute atomic E-state index is 9.30. The molecular formula is C35H21N. The van der Waals surface area contributed by atoms with Gasteiger partial charge in [-0.25, -0.2) is 0 Å². The highest BCUT2D eigenvalue weighted by atomic mass is 14.2. The fourth-order valence-corrected chi connectivity index (χ4v) is 5.64. The smallest absolute Gasteiger partial charge is 0.0991 e. The lowest BCUT2D eigenvalue weighted by Gasteiger charge is -2.19. The summed E-state index contributed by atoms with van der Waals surface area (Å²) in [7, 11) is 0. The second-order valence-corrected chi connectivity index (χ2v) is 9.26. The van der Waals surface area contributed by atoms with Crippen molar-refractivity contribution in [1.82, 2.24) is 0 Å². The van der Waals surface area contributed by atoms with Crippen molar-refractivity contribution in [1.29, 1.82) is 5.26 Å². The van der Waals surface area contributed by atoms with Crippen LogP contribution in [-0.4, -0.2) is 0 Å². The Hall–Kier alpha value is -4.93. The van der Waals surface area contributed by atoms with Gasteiger partial charge in [-0.05, 0) is 83.5 Å². The molecule has 0 spiro atoms. The molecule has 0 fully saturated rings. The van der Waals surface area contributed by atoms with Gasteiger partial charge in [0.2, 0.25) is 0 Å². The fourth-order valence-electron chi connectivity index (χ4n) is 5.64. The quantitative estimate of drug-likeness (QED) is 0.238. The Morgan fingerprint density at radius 3 is 1.67 bits per heavy atom. The van der Waals surface area contributed by atoms with Gasteiger partial charge in [0.25, 0.3) is 0 Å². The number of rotatable bonds is 2. The van der Waals surface area contributed by atoms with E-state index in [1.165, 1.54) is 54.6 Å². The minimum atomic E-state index is 0.686. The lowest BCUT2D eigenvalue weighted by atomic mass is 9.84. The first-order valence-corrected chi connectivity index (χ1v) is 12.2. The monoisotopic (exact) mass is 455 g/mol. The van der Waals surface area contributed by atoms with Gasteiger partial charge < -0.3 is 0 Å². The maximum atomic E-state index is 9.30. The highest BCUT2D eigenvalue weighted by molar-refractivity contribution is 6.23. The van der Waals surface area contributed by atoms with Gasteiger partial charge in [-0.1, -0.05) is 109 Å².